The summed E-state index contributed by atoms with van der Waals surface area (Å²) in [5, 5.41) is 13.4. The van der Waals surface area contributed by atoms with Gasteiger partial charge in [0, 0.05) is 31.5 Å². The topological polar surface area (TPSA) is 88.1 Å². The van der Waals surface area contributed by atoms with E-state index in [9.17, 15) is 23.5 Å². The molecule has 1 aromatic rings. The third-order valence-electron chi connectivity index (χ3n) is 7.34. The molecule has 1 saturated carbocycles. The van der Waals surface area contributed by atoms with Crippen molar-refractivity contribution in [2.45, 2.75) is 50.9 Å². The highest BCUT2D eigenvalue weighted by molar-refractivity contribution is 6.04. The van der Waals surface area contributed by atoms with Gasteiger partial charge in [-0.25, -0.2) is 8.78 Å². The molecule has 3 atom stereocenters. The van der Waals surface area contributed by atoms with Gasteiger partial charge in [0.25, 0.3) is 5.91 Å². The Morgan fingerprint density at radius 3 is 2.67 bits per heavy atom. The number of piperidine rings is 1. The summed E-state index contributed by atoms with van der Waals surface area (Å²) in [5.41, 5.74) is -1.23. The number of aliphatic hydroxyl groups is 1. The van der Waals surface area contributed by atoms with E-state index in [4.69, 9.17) is 9.47 Å². The summed E-state index contributed by atoms with van der Waals surface area (Å²) in [6.45, 7) is 2.02. The first-order valence-corrected chi connectivity index (χ1v) is 10.9. The van der Waals surface area contributed by atoms with Gasteiger partial charge >= 0.3 is 0 Å². The van der Waals surface area contributed by atoms with E-state index in [1.807, 2.05) is 6.92 Å². The van der Waals surface area contributed by atoms with Crippen molar-refractivity contribution in [3.63, 3.8) is 0 Å². The molecular weight excluding hydrogens is 434 g/mol. The number of hydrogen-bond acceptors (Lipinski definition) is 6. The highest BCUT2D eigenvalue weighted by Crippen LogP contribution is 2.53. The van der Waals surface area contributed by atoms with Crippen molar-refractivity contribution in [1.29, 1.82) is 0 Å². The number of ketones is 1. The number of carbonyl (C=O) groups is 2. The molecule has 178 valence electrons. The molecule has 0 bridgehead atoms. The van der Waals surface area contributed by atoms with Crippen LogP contribution in [0.2, 0.25) is 0 Å². The van der Waals surface area contributed by atoms with E-state index < -0.39 is 34.7 Å². The number of halogens is 2. The summed E-state index contributed by atoms with van der Waals surface area (Å²) < 4.78 is 38.4. The van der Waals surface area contributed by atoms with Gasteiger partial charge in [-0.2, -0.15) is 0 Å². The van der Waals surface area contributed by atoms with E-state index in [0.717, 1.165) is 25.0 Å². The summed E-state index contributed by atoms with van der Waals surface area (Å²) in [6, 6.07) is 3.08. The van der Waals surface area contributed by atoms with Gasteiger partial charge < -0.3 is 24.8 Å². The maximum Gasteiger partial charge on any atom is 0.252 e. The number of Topliss-reactive ketones (excluding diaryl/α,β-unsaturated/α-hetero) is 1. The molecule has 2 heterocycles. The van der Waals surface area contributed by atoms with Crippen LogP contribution in [0.25, 0.3) is 0 Å². The molecule has 1 saturated heterocycles. The Morgan fingerprint density at radius 2 is 2.00 bits per heavy atom. The molecule has 1 unspecified atom stereocenters. The lowest BCUT2D eigenvalue weighted by molar-refractivity contribution is -0.174. The number of hydrogen-bond donors (Lipinski definition) is 2. The number of nitrogens with one attached hydrogen (secondary N) is 1. The van der Waals surface area contributed by atoms with E-state index in [0.29, 0.717) is 19.4 Å². The van der Waals surface area contributed by atoms with E-state index >= 15 is 0 Å². The maximum atomic E-state index is 13.9. The van der Waals surface area contributed by atoms with Crippen molar-refractivity contribution in [1.82, 2.24) is 10.2 Å². The third-order valence-corrected chi connectivity index (χ3v) is 7.34. The molecule has 33 heavy (non-hydrogen) atoms. The summed E-state index contributed by atoms with van der Waals surface area (Å²) in [5.74, 6) is -2.34. The number of allylic oxidation sites excluding steroid dienone is 1. The molecular formula is C24H28F2N2O5. The van der Waals surface area contributed by atoms with Crippen LogP contribution in [-0.4, -0.2) is 54.2 Å². The Hall–Kier alpha value is -2.78. The number of aliphatic hydroxyl groups excluding tert-OH is 1. The molecule has 1 aliphatic carbocycles. The van der Waals surface area contributed by atoms with Crippen molar-refractivity contribution >= 4 is 11.7 Å². The number of rotatable bonds is 5. The first-order valence-electron chi connectivity index (χ1n) is 10.9. The normalized spacial score (nSPS) is 29.3. The van der Waals surface area contributed by atoms with Crippen molar-refractivity contribution in [3.05, 3.63) is 58.6 Å². The molecule has 4 rings (SSSR count). The van der Waals surface area contributed by atoms with E-state index in [1.54, 1.807) is 12.0 Å². The van der Waals surface area contributed by atoms with E-state index in [1.165, 1.54) is 19.4 Å². The zero-order valence-corrected chi connectivity index (χ0v) is 18.9. The lowest BCUT2D eigenvalue weighted by atomic mass is 9.58. The zero-order chi connectivity index (χ0) is 24.0. The Labute approximate surface area is 191 Å². The number of amides is 1. The highest BCUT2D eigenvalue weighted by Gasteiger charge is 2.61. The fraction of sp³-hybridized carbons (Fsp3) is 0.500. The summed E-state index contributed by atoms with van der Waals surface area (Å²) >= 11 is 0. The van der Waals surface area contributed by atoms with Gasteiger partial charge in [-0.1, -0.05) is 18.9 Å². The molecule has 0 spiro atoms. The SMILES string of the molecule is COC1=C2C(=O)[C@]3(C)CCCC[C@]3(OC)CN2C=C(C(=O)NCc2ccc(F)cc2F)C1O. The Morgan fingerprint density at radius 1 is 1.27 bits per heavy atom. The fourth-order valence-corrected chi connectivity index (χ4v) is 5.31. The van der Waals surface area contributed by atoms with Crippen LogP contribution in [-0.2, 0) is 25.6 Å². The summed E-state index contributed by atoms with van der Waals surface area (Å²) in [4.78, 5) is 28.2. The number of benzene rings is 1. The van der Waals surface area contributed by atoms with Crippen LogP contribution < -0.4 is 5.32 Å². The van der Waals surface area contributed by atoms with Gasteiger partial charge in [0.05, 0.1) is 30.2 Å². The fourth-order valence-electron chi connectivity index (χ4n) is 5.31. The van der Waals surface area contributed by atoms with Gasteiger partial charge in [-0.15, -0.1) is 0 Å². The van der Waals surface area contributed by atoms with Crippen LogP contribution in [0.5, 0.6) is 0 Å². The van der Waals surface area contributed by atoms with Crippen LogP contribution in [0, 0.1) is 17.0 Å². The van der Waals surface area contributed by atoms with Crippen LogP contribution in [0.15, 0.2) is 41.4 Å². The Bertz CT molecular complexity index is 1060. The molecule has 9 heteroatoms. The van der Waals surface area contributed by atoms with Gasteiger partial charge in [-0.3, -0.25) is 9.59 Å². The monoisotopic (exact) mass is 462 g/mol. The molecule has 2 aliphatic heterocycles. The standard InChI is InChI=1S/C24H28F2N2O5/c1-23-8-4-5-9-24(23,33-3)13-28-12-16(19(29)20(32-2)18(28)21(23)30)22(31)27-11-14-6-7-15(25)10-17(14)26/h6-7,10,12,19,29H,4-5,8-9,11,13H2,1-3H3,(H,27,31)/t19?,23-,24-/m0/s1. The largest absolute Gasteiger partial charge is 0.496 e. The average molecular weight is 462 g/mol. The molecule has 1 aromatic carbocycles. The Kier molecular flexibility index (Phi) is 6.05. The van der Waals surface area contributed by atoms with Crippen molar-refractivity contribution < 1.29 is 33.0 Å². The Balaban J connectivity index is 1.64. The number of ether oxygens (including phenoxy) is 2. The van der Waals surface area contributed by atoms with Gasteiger partial charge in [-0.05, 0) is 25.8 Å². The molecule has 1 amide bonds. The van der Waals surface area contributed by atoms with Crippen molar-refractivity contribution in [2.75, 3.05) is 20.8 Å². The summed E-state index contributed by atoms with van der Waals surface area (Å²) in [7, 11) is 2.93. The minimum absolute atomic E-state index is 0.00267. The molecule has 0 radical (unpaired) electrons. The number of fused-ring (bicyclic) bond motifs is 2. The van der Waals surface area contributed by atoms with Gasteiger partial charge in [0.15, 0.2) is 11.5 Å². The first kappa shape index (κ1) is 23.4. The first-order chi connectivity index (χ1) is 15.7. The zero-order valence-electron chi connectivity index (χ0n) is 18.9. The molecule has 2 N–H and O–H groups in total. The second kappa shape index (κ2) is 8.53. The van der Waals surface area contributed by atoms with Crippen molar-refractivity contribution in [2.24, 2.45) is 5.41 Å². The summed E-state index contributed by atoms with van der Waals surface area (Å²) in [6.07, 6.45) is 3.14. The lowest BCUT2D eigenvalue weighted by Crippen LogP contribution is -2.65. The second-order valence-electron chi connectivity index (χ2n) is 9.02. The average Bonchev–Trinajstić information content (AvgIpc) is 2.79. The van der Waals surface area contributed by atoms with Crippen molar-refractivity contribution in [3.8, 4) is 0 Å². The predicted octanol–water partition coefficient (Wildman–Crippen LogP) is 2.55. The number of carbonyl (C=O) groups excluding carboxylic acids is 2. The van der Waals surface area contributed by atoms with Crippen LogP contribution in [0.1, 0.15) is 38.2 Å². The quantitative estimate of drug-likeness (QED) is 0.700. The van der Waals surface area contributed by atoms with Gasteiger partial charge in [0.2, 0.25) is 0 Å². The lowest BCUT2D eigenvalue weighted by Gasteiger charge is -2.56. The molecule has 7 nitrogen and oxygen atoms in total. The number of methoxy groups -OCH3 is 2. The van der Waals surface area contributed by atoms with Gasteiger partial charge in [0.1, 0.15) is 23.4 Å². The van der Waals surface area contributed by atoms with E-state index in [2.05, 4.69) is 5.32 Å². The minimum atomic E-state index is -1.47. The molecule has 3 aliphatic rings. The van der Waals surface area contributed by atoms with E-state index in [-0.39, 0.29) is 34.9 Å². The van der Waals surface area contributed by atoms with Crippen LogP contribution >= 0.6 is 0 Å². The molecule has 0 aromatic heterocycles. The molecule has 2 fully saturated rings. The predicted molar refractivity (Wildman–Crippen MR) is 114 cm³/mol. The maximum absolute atomic E-state index is 13.9. The van der Waals surface area contributed by atoms with Crippen LogP contribution in [0.4, 0.5) is 8.78 Å². The second-order valence-corrected chi connectivity index (χ2v) is 9.02. The third kappa shape index (κ3) is 3.63. The number of nitrogens with zero attached hydrogens (tertiary/aromatic N) is 1. The minimum Gasteiger partial charge on any atom is -0.496 e. The van der Waals surface area contributed by atoms with Crippen LogP contribution in [0.3, 0.4) is 0 Å². The highest BCUT2D eigenvalue weighted by atomic mass is 19.1. The smallest absolute Gasteiger partial charge is 0.252 e.